The molecule has 0 atom stereocenters. The summed E-state index contributed by atoms with van der Waals surface area (Å²) < 4.78 is 31.2. The highest BCUT2D eigenvalue weighted by Crippen LogP contribution is 2.11. The molecule has 1 aromatic carbocycles. The van der Waals surface area contributed by atoms with Crippen LogP contribution in [0.15, 0.2) is 29.2 Å². The molecule has 20 heavy (non-hydrogen) atoms. The van der Waals surface area contributed by atoms with Crippen molar-refractivity contribution in [3.05, 3.63) is 29.8 Å². The van der Waals surface area contributed by atoms with Crippen molar-refractivity contribution in [1.29, 1.82) is 0 Å². The van der Waals surface area contributed by atoms with Gasteiger partial charge in [-0.25, -0.2) is 13.1 Å². The monoisotopic (exact) mass is 300 g/mol. The van der Waals surface area contributed by atoms with Crippen molar-refractivity contribution in [1.82, 2.24) is 10.0 Å². The molecule has 112 valence electrons. The third-order valence-electron chi connectivity index (χ3n) is 2.54. The van der Waals surface area contributed by atoms with Crippen molar-refractivity contribution >= 4 is 15.9 Å². The van der Waals surface area contributed by atoms with E-state index in [1.54, 1.807) is 12.1 Å². The fraction of sp³-hybridized carbons (Fsp3) is 0.462. The highest BCUT2D eigenvalue weighted by molar-refractivity contribution is 7.89. The molecule has 1 amide bonds. The summed E-state index contributed by atoms with van der Waals surface area (Å²) in [6.45, 7) is 2.98. The molecule has 0 aliphatic carbocycles. The van der Waals surface area contributed by atoms with E-state index in [9.17, 15) is 13.2 Å². The van der Waals surface area contributed by atoms with Gasteiger partial charge in [0.2, 0.25) is 10.0 Å². The number of methoxy groups -OCH3 is 1. The highest BCUT2D eigenvalue weighted by Gasteiger charge is 2.15. The lowest BCUT2D eigenvalue weighted by atomic mass is 10.2. The number of carbonyl (C=O) groups is 1. The summed E-state index contributed by atoms with van der Waals surface area (Å²) in [6, 6.07) is 5.94. The number of carbonyl (C=O) groups excluding carboxylic acids is 1. The number of hydrogen-bond donors (Lipinski definition) is 2. The van der Waals surface area contributed by atoms with Gasteiger partial charge in [0.25, 0.3) is 5.91 Å². The van der Waals surface area contributed by atoms with E-state index in [1.165, 1.54) is 19.2 Å². The van der Waals surface area contributed by atoms with Gasteiger partial charge in [-0.2, -0.15) is 0 Å². The first-order chi connectivity index (χ1) is 9.51. The number of rotatable bonds is 8. The summed E-state index contributed by atoms with van der Waals surface area (Å²) in [4.78, 5) is 11.9. The van der Waals surface area contributed by atoms with Crippen LogP contribution in [0.4, 0.5) is 0 Å². The molecule has 0 spiro atoms. The van der Waals surface area contributed by atoms with E-state index in [2.05, 4.69) is 10.0 Å². The molecule has 0 aromatic heterocycles. The van der Waals surface area contributed by atoms with Gasteiger partial charge in [0.1, 0.15) is 0 Å². The van der Waals surface area contributed by atoms with Crippen LogP contribution in [0.2, 0.25) is 0 Å². The van der Waals surface area contributed by atoms with Crippen molar-refractivity contribution in [3.8, 4) is 0 Å². The van der Waals surface area contributed by atoms with E-state index in [1.807, 2.05) is 6.92 Å². The van der Waals surface area contributed by atoms with E-state index in [-0.39, 0.29) is 24.0 Å². The maximum Gasteiger partial charge on any atom is 0.251 e. The van der Waals surface area contributed by atoms with Crippen molar-refractivity contribution in [2.45, 2.75) is 18.2 Å². The van der Waals surface area contributed by atoms with Gasteiger partial charge in [-0.15, -0.1) is 0 Å². The van der Waals surface area contributed by atoms with Crippen LogP contribution in [0.25, 0.3) is 0 Å². The van der Waals surface area contributed by atoms with Crippen LogP contribution in [0.3, 0.4) is 0 Å². The number of nitrogens with one attached hydrogen (secondary N) is 2. The fourth-order valence-corrected chi connectivity index (χ4v) is 2.57. The molecule has 1 aromatic rings. The lowest BCUT2D eigenvalue weighted by Crippen LogP contribution is -2.28. The number of hydrogen-bond acceptors (Lipinski definition) is 4. The zero-order chi connectivity index (χ0) is 15.0. The average molecular weight is 300 g/mol. The molecule has 0 bridgehead atoms. The van der Waals surface area contributed by atoms with E-state index in [0.717, 1.165) is 6.42 Å². The molecule has 0 radical (unpaired) electrons. The topological polar surface area (TPSA) is 84.5 Å². The Bertz CT molecular complexity index is 543. The largest absolute Gasteiger partial charge is 0.383 e. The number of ether oxygens (including phenoxy) is 1. The number of sulfonamides is 1. The Kier molecular flexibility index (Phi) is 6.63. The maximum atomic E-state index is 12.0. The summed E-state index contributed by atoms with van der Waals surface area (Å²) in [5.74, 6) is -0.277. The highest BCUT2D eigenvalue weighted by atomic mass is 32.2. The first-order valence-electron chi connectivity index (χ1n) is 6.38. The summed E-state index contributed by atoms with van der Waals surface area (Å²) in [5.41, 5.74) is 0.327. The third kappa shape index (κ3) is 4.92. The number of benzene rings is 1. The zero-order valence-electron chi connectivity index (χ0n) is 11.7. The predicted octanol–water partition coefficient (Wildman–Crippen LogP) is 0.751. The van der Waals surface area contributed by atoms with Gasteiger partial charge in [-0.1, -0.05) is 13.0 Å². The minimum Gasteiger partial charge on any atom is -0.383 e. The van der Waals surface area contributed by atoms with Crippen molar-refractivity contribution < 1.29 is 17.9 Å². The van der Waals surface area contributed by atoms with Crippen molar-refractivity contribution in [2.75, 3.05) is 26.8 Å². The molecule has 6 nitrogen and oxygen atoms in total. The molecule has 0 heterocycles. The zero-order valence-corrected chi connectivity index (χ0v) is 12.5. The lowest BCUT2D eigenvalue weighted by Gasteiger charge is -2.08. The Hall–Kier alpha value is -1.44. The molecule has 2 N–H and O–H groups in total. The van der Waals surface area contributed by atoms with E-state index in [4.69, 9.17) is 4.74 Å². The van der Waals surface area contributed by atoms with Crippen molar-refractivity contribution in [2.24, 2.45) is 0 Å². The molecule has 0 aliphatic rings. The summed E-state index contributed by atoms with van der Waals surface area (Å²) in [5, 5.41) is 2.71. The van der Waals surface area contributed by atoms with Gasteiger partial charge in [-0.05, 0) is 24.6 Å². The van der Waals surface area contributed by atoms with Gasteiger partial charge in [0.05, 0.1) is 11.5 Å². The van der Waals surface area contributed by atoms with Crippen LogP contribution in [0.1, 0.15) is 23.7 Å². The van der Waals surface area contributed by atoms with Crippen LogP contribution < -0.4 is 10.0 Å². The summed E-state index contributed by atoms with van der Waals surface area (Å²) in [7, 11) is -2.13. The Morgan fingerprint density at radius 1 is 1.30 bits per heavy atom. The molecule has 0 aliphatic heterocycles. The smallest absolute Gasteiger partial charge is 0.251 e. The molecular weight excluding hydrogens is 280 g/mol. The molecule has 0 saturated heterocycles. The molecule has 0 saturated carbocycles. The van der Waals surface area contributed by atoms with Gasteiger partial charge in [0.15, 0.2) is 0 Å². The average Bonchev–Trinajstić information content (AvgIpc) is 2.45. The first-order valence-corrected chi connectivity index (χ1v) is 7.86. The van der Waals surface area contributed by atoms with Crippen LogP contribution in [0.5, 0.6) is 0 Å². The second-order valence-corrected chi connectivity index (χ2v) is 5.94. The minimum absolute atomic E-state index is 0.0674. The molecule has 1 rings (SSSR count). The van der Waals surface area contributed by atoms with Gasteiger partial charge < -0.3 is 10.1 Å². The maximum absolute atomic E-state index is 12.0. The van der Waals surface area contributed by atoms with E-state index >= 15 is 0 Å². The standard InChI is InChI=1S/C13H20N2O4S/c1-3-7-14-13(16)11-5-4-6-12(10-11)20(17,18)15-8-9-19-2/h4-6,10,15H,3,7-9H2,1-2H3,(H,14,16). The molecule has 0 unspecified atom stereocenters. The second kappa shape index (κ2) is 7.98. The Balaban J connectivity index is 2.84. The van der Waals surface area contributed by atoms with Gasteiger partial charge >= 0.3 is 0 Å². The number of amides is 1. The fourth-order valence-electron chi connectivity index (χ4n) is 1.51. The van der Waals surface area contributed by atoms with E-state index < -0.39 is 10.0 Å². The van der Waals surface area contributed by atoms with Crippen LogP contribution in [-0.2, 0) is 14.8 Å². The predicted molar refractivity (Wildman–Crippen MR) is 76.1 cm³/mol. The normalized spacial score (nSPS) is 11.3. The van der Waals surface area contributed by atoms with Gasteiger partial charge in [0, 0.05) is 25.8 Å². The van der Waals surface area contributed by atoms with Crippen LogP contribution in [-0.4, -0.2) is 41.1 Å². The quantitative estimate of drug-likeness (QED) is 0.694. The minimum atomic E-state index is -3.62. The first kappa shape index (κ1) is 16.6. The van der Waals surface area contributed by atoms with E-state index in [0.29, 0.717) is 12.1 Å². The molecular formula is C13H20N2O4S. The summed E-state index contributed by atoms with van der Waals surface area (Å²) in [6.07, 6.45) is 0.822. The Morgan fingerprint density at radius 3 is 2.70 bits per heavy atom. The second-order valence-electron chi connectivity index (χ2n) is 4.17. The Labute approximate surface area is 119 Å². The van der Waals surface area contributed by atoms with Crippen LogP contribution in [0, 0.1) is 0 Å². The molecule has 0 fully saturated rings. The Morgan fingerprint density at radius 2 is 2.05 bits per heavy atom. The SMILES string of the molecule is CCCNC(=O)c1cccc(S(=O)(=O)NCCOC)c1. The lowest BCUT2D eigenvalue weighted by molar-refractivity contribution is 0.0953. The van der Waals surface area contributed by atoms with Gasteiger partial charge in [-0.3, -0.25) is 4.79 Å². The van der Waals surface area contributed by atoms with Crippen LogP contribution >= 0.6 is 0 Å². The van der Waals surface area contributed by atoms with Crippen molar-refractivity contribution in [3.63, 3.8) is 0 Å². The molecule has 7 heteroatoms. The summed E-state index contributed by atoms with van der Waals surface area (Å²) >= 11 is 0. The third-order valence-corrected chi connectivity index (χ3v) is 4.00.